The number of benzene rings is 1. The summed E-state index contributed by atoms with van der Waals surface area (Å²) >= 11 is 0. The van der Waals surface area contributed by atoms with E-state index < -0.39 is 30.1 Å². The lowest BCUT2D eigenvalue weighted by atomic mass is 10.1. The summed E-state index contributed by atoms with van der Waals surface area (Å²) in [7, 11) is 2.37. The Kier molecular flexibility index (Phi) is 4.39. The van der Waals surface area contributed by atoms with Crippen LogP contribution in [0.4, 0.5) is 8.78 Å². The highest BCUT2D eigenvalue weighted by molar-refractivity contribution is 5.74. The molecule has 0 aromatic heterocycles. The third-order valence-corrected chi connectivity index (χ3v) is 2.24. The van der Waals surface area contributed by atoms with Gasteiger partial charge in [-0.3, -0.25) is 0 Å². The molecular formula is C11H12F2O4. The molecule has 0 saturated carbocycles. The summed E-state index contributed by atoms with van der Waals surface area (Å²) in [5, 5.41) is 9.39. The predicted molar refractivity (Wildman–Crippen MR) is 54.6 cm³/mol. The zero-order valence-corrected chi connectivity index (χ0v) is 9.37. The van der Waals surface area contributed by atoms with E-state index in [1.54, 1.807) is 0 Å². The van der Waals surface area contributed by atoms with Gasteiger partial charge in [0.1, 0.15) is 5.75 Å². The summed E-state index contributed by atoms with van der Waals surface area (Å²) in [4.78, 5) is 11.0. The Morgan fingerprint density at radius 1 is 1.41 bits per heavy atom. The normalized spacial score (nSPS) is 12.1. The third kappa shape index (κ3) is 2.91. The van der Waals surface area contributed by atoms with Gasteiger partial charge in [0.15, 0.2) is 17.7 Å². The summed E-state index contributed by atoms with van der Waals surface area (Å²) < 4.78 is 35.6. The van der Waals surface area contributed by atoms with Gasteiger partial charge in [-0.2, -0.15) is 0 Å². The first-order chi connectivity index (χ1) is 8.01. The highest BCUT2D eigenvalue weighted by atomic mass is 19.2. The number of aliphatic hydroxyl groups is 1. The van der Waals surface area contributed by atoms with Gasteiger partial charge in [-0.1, -0.05) is 0 Å². The standard InChI is InChI=1S/C11H12F2O4/c1-16-9-4-3-7(12)10(13)6(9)5-8(14)11(15)17-2/h3-4,8,14H,5H2,1-2H3. The summed E-state index contributed by atoms with van der Waals surface area (Å²) in [6.07, 6.45) is -1.98. The number of aliphatic hydroxyl groups excluding tert-OH is 1. The van der Waals surface area contributed by atoms with Crippen LogP contribution >= 0.6 is 0 Å². The number of carbonyl (C=O) groups is 1. The number of carbonyl (C=O) groups excluding carboxylic acids is 1. The van der Waals surface area contributed by atoms with Gasteiger partial charge in [0.25, 0.3) is 0 Å². The van der Waals surface area contributed by atoms with Gasteiger partial charge >= 0.3 is 5.97 Å². The largest absolute Gasteiger partial charge is 0.496 e. The fourth-order valence-corrected chi connectivity index (χ4v) is 1.37. The van der Waals surface area contributed by atoms with Gasteiger partial charge in [-0.15, -0.1) is 0 Å². The Labute approximate surface area is 96.8 Å². The Morgan fingerprint density at radius 3 is 2.59 bits per heavy atom. The van der Waals surface area contributed by atoms with Gasteiger partial charge in [-0.05, 0) is 12.1 Å². The van der Waals surface area contributed by atoms with Crippen LogP contribution in [0.15, 0.2) is 12.1 Å². The molecule has 0 spiro atoms. The van der Waals surface area contributed by atoms with Crippen LogP contribution in [0.2, 0.25) is 0 Å². The minimum absolute atomic E-state index is 0.0619. The van der Waals surface area contributed by atoms with E-state index in [9.17, 15) is 18.7 Å². The lowest BCUT2D eigenvalue weighted by Crippen LogP contribution is -2.25. The minimum atomic E-state index is -1.56. The second kappa shape index (κ2) is 5.58. The summed E-state index contributed by atoms with van der Waals surface area (Å²) in [5.41, 5.74) is -0.203. The Hall–Kier alpha value is -1.69. The molecule has 0 bridgehead atoms. The third-order valence-electron chi connectivity index (χ3n) is 2.24. The Morgan fingerprint density at radius 2 is 2.06 bits per heavy atom. The van der Waals surface area contributed by atoms with Crippen LogP contribution in [-0.4, -0.2) is 31.4 Å². The summed E-state index contributed by atoms with van der Waals surface area (Å²) in [6, 6.07) is 2.12. The van der Waals surface area contributed by atoms with E-state index in [0.29, 0.717) is 0 Å². The number of methoxy groups -OCH3 is 2. The minimum Gasteiger partial charge on any atom is -0.496 e. The van der Waals surface area contributed by atoms with E-state index in [2.05, 4.69) is 4.74 Å². The first kappa shape index (κ1) is 13.4. The van der Waals surface area contributed by atoms with Crippen molar-refractivity contribution in [1.29, 1.82) is 0 Å². The van der Waals surface area contributed by atoms with Crippen molar-refractivity contribution in [3.05, 3.63) is 29.3 Å². The zero-order valence-electron chi connectivity index (χ0n) is 9.37. The van der Waals surface area contributed by atoms with Crippen molar-refractivity contribution in [2.24, 2.45) is 0 Å². The van der Waals surface area contributed by atoms with E-state index >= 15 is 0 Å². The zero-order chi connectivity index (χ0) is 13.0. The Balaban J connectivity index is 3.04. The molecule has 1 atom stereocenters. The fraction of sp³-hybridized carbons (Fsp3) is 0.364. The first-order valence-corrected chi connectivity index (χ1v) is 4.78. The predicted octanol–water partition coefficient (Wildman–Crippen LogP) is 1.05. The van der Waals surface area contributed by atoms with Crippen molar-refractivity contribution in [3.8, 4) is 5.75 Å². The quantitative estimate of drug-likeness (QED) is 0.807. The molecule has 1 unspecified atom stereocenters. The average molecular weight is 246 g/mol. The van der Waals surface area contributed by atoms with Crippen molar-refractivity contribution < 1.29 is 28.2 Å². The molecule has 0 heterocycles. The van der Waals surface area contributed by atoms with Crippen LogP contribution in [0, 0.1) is 11.6 Å². The number of rotatable bonds is 4. The van der Waals surface area contributed by atoms with E-state index in [1.807, 2.05) is 0 Å². The first-order valence-electron chi connectivity index (χ1n) is 4.78. The van der Waals surface area contributed by atoms with Gasteiger partial charge in [0.05, 0.1) is 14.2 Å². The van der Waals surface area contributed by atoms with E-state index in [1.165, 1.54) is 13.2 Å². The number of halogens is 2. The van der Waals surface area contributed by atoms with Gasteiger partial charge < -0.3 is 14.6 Å². The average Bonchev–Trinajstić information content (AvgIpc) is 2.34. The fourth-order valence-electron chi connectivity index (χ4n) is 1.37. The maximum atomic E-state index is 13.5. The molecular weight excluding hydrogens is 234 g/mol. The van der Waals surface area contributed by atoms with Crippen LogP contribution < -0.4 is 4.74 Å². The van der Waals surface area contributed by atoms with E-state index in [-0.39, 0.29) is 11.3 Å². The molecule has 0 amide bonds. The van der Waals surface area contributed by atoms with Crippen molar-refractivity contribution in [2.45, 2.75) is 12.5 Å². The van der Waals surface area contributed by atoms with Gasteiger partial charge in [-0.25, -0.2) is 13.6 Å². The van der Waals surface area contributed by atoms with Crippen LogP contribution in [0.5, 0.6) is 5.75 Å². The molecule has 0 radical (unpaired) electrons. The molecule has 17 heavy (non-hydrogen) atoms. The second-order valence-electron chi connectivity index (χ2n) is 3.29. The molecule has 6 heteroatoms. The van der Waals surface area contributed by atoms with Crippen LogP contribution in [0.1, 0.15) is 5.56 Å². The lowest BCUT2D eigenvalue weighted by molar-refractivity contribution is -0.150. The summed E-state index contributed by atoms with van der Waals surface area (Å²) in [5.74, 6) is -3.08. The van der Waals surface area contributed by atoms with Crippen molar-refractivity contribution >= 4 is 5.97 Å². The highest BCUT2D eigenvalue weighted by Gasteiger charge is 2.22. The lowest BCUT2D eigenvalue weighted by Gasteiger charge is -2.12. The molecule has 1 N–H and O–H groups in total. The van der Waals surface area contributed by atoms with Crippen LogP contribution in [0.3, 0.4) is 0 Å². The SMILES string of the molecule is COC(=O)C(O)Cc1c(OC)ccc(F)c1F. The molecule has 1 rings (SSSR count). The Bertz CT molecular complexity index is 420. The van der Waals surface area contributed by atoms with Gasteiger partial charge in [0.2, 0.25) is 0 Å². The topological polar surface area (TPSA) is 55.8 Å². The number of esters is 1. The molecule has 0 aliphatic heterocycles. The molecule has 0 saturated heterocycles. The van der Waals surface area contributed by atoms with Gasteiger partial charge in [0, 0.05) is 12.0 Å². The van der Waals surface area contributed by atoms with Crippen molar-refractivity contribution in [2.75, 3.05) is 14.2 Å². The molecule has 1 aromatic carbocycles. The molecule has 0 fully saturated rings. The number of hydrogen-bond acceptors (Lipinski definition) is 4. The second-order valence-corrected chi connectivity index (χ2v) is 3.29. The molecule has 0 aliphatic carbocycles. The molecule has 0 aliphatic rings. The molecule has 94 valence electrons. The molecule has 1 aromatic rings. The maximum Gasteiger partial charge on any atom is 0.335 e. The van der Waals surface area contributed by atoms with E-state index in [0.717, 1.165) is 13.2 Å². The van der Waals surface area contributed by atoms with Crippen LogP contribution in [-0.2, 0) is 16.0 Å². The number of ether oxygens (including phenoxy) is 2. The van der Waals surface area contributed by atoms with E-state index in [4.69, 9.17) is 4.74 Å². The van der Waals surface area contributed by atoms with Crippen molar-refractivity contribution in [1.82, 2.24) is 0 Å². The number of hydrogen-bond donors (Lipinski definition) is 1. The smallest absolute Gasteiger partial charge is 0.335 e. The molecule has 4 nitrogen and oxygen atoms in total. The maximum absolute atomic E-state index is 13.5. The summed E-state index contributed by atoms with van der Waals surface area (Å²) in [6.45, 7) is 0. The van der Waals surface area contributed by atoms with Crippen LogP contribution in [0.25, 0.3) is 0 Å². The highest BCUT2D eigenvalue weighted by Crippen LogP contribution is 2.25. The van der Waals surface area contributed by atoms with Crippen molar-refractivity contribution in [3.63, 3.8) is 0 Å². The monoisotopic (exact) mass is 246 g/mol.